The second kappa shape index (κ2) is 10.5. The Morgan fingerprint density at radius 2 is 2.20 bits per heavy atom. The van der Waals surface area contributed by atoms with Crippen molar-refractivity contribution in [3.63, 3.8) is 0 Å². The molecule has 0 aliphatic heterocycles. The zero-order valence-corrected chi connectivity index (χ0v) is 9.36. The SMILES string of the molecule is C=CC=NC/C(=C/OCC=C)C/C=C\C. The van der Waals surface area contributed by atoms with E-state index in [0.717, 1.165) is 12.0 Å². The summed E-state index contributed by atoms with van der Waals surface area (Å²) in [6.45, 7) is 10.3. The van der Waals surface area contributed by atoms with Crippen LogP contribution in [-0.4, -0.2) is 19.4 Å². The highest BCUT2D eigenvalue weighted by Crippen LogP contribution is 2.03. The van der Waals surface area contributed by atoms with E-state index in [4.69, 9.17) is 4.74 Å². The van der Waals surface area contributed by atoms with Gasteiger partial charge in [0.1, 0.15) is 6.61 Å². The van der Waals surface area contributed by atoms with E-state index >= 15 is 0 Å². The van der Waals surface area contributed by atoms with Gasteiger partial charge in [-0.15, -0.1) is 0 Å². The molecule has 0 rings (SSSR count). The second-order valence-corrected chi connectivity index (χ2v) is 2.90. The molecule has 15 heavy (non-hydrogen) atoms. The van der Waals surface area contributed by atoms with Gasteiger partial charge in [0.2, 0.25) is 0 Å². The number of ether oxygens (including phenoxy) is 1. The number of hydrogen-bond acceptors (Lipinski definition) is 2. The minimum absolute atomic E-state index is 0.532. The third kappa shape index (κ3) is 8.75. The summed E-state index contributed by atoms with van der Waals surface area (Å²) >= 11 is 0. The highest BCUT2D eigenvalue weighted by atomic mass is 16.5. The Balaban J connectivity index is 4.14. The molecule has 0 aliphatic rings. The first-order chi connectivity index (χ1) is 7.35. The lowest BCUT2D eigenvalue weighted by atomic mass is 10.2. The van der Waals surface area contributed by atoms with Crippen molar-refractivity contribution in [3.8, 4) is 0 Å². The van der Waals surface area contributed by atoms with Crippen molar-refractivity contribution in [1.29, 1.82) is 0 Å². The van der Waals surface area contributed by atoms with E-state index < -0.39 is 0 Å². The molecule has 0 spiro atoms. The van der Waals surface area contributed by atoms with E-state index in [1.54, 1.807) is 24.6 Å². The van der Waals surface area contributed by atoms with Gasteiger partial charge in [-0.3, -0.25) is 4.99 Å². The van der Waals surface area contributed by atoms with E-state index in [-0.39, 0.29) is 0 Å². The van der Waals surface area contributed by atoms with E-state index in [1.807, 2.05) is 13.0 Å². The molecular formula is C13H19NO. The number of aliphatic imine (C=N–C) groups is 1. The van der Waals surface area contributed by atoms with Crippen molar-refractivity contribution in [1.82, 2.24) is 0 Å². The van der Waals surface area contributed by atoms with Gasteiger partial charge >= 0.3 is 0 Å². The quantitative estimate of drug-likeness (QED) is 0.258. The van der Waals surface area contributed by atoms with Crippen LogP contribution in [0.2, 0.25) is 0 Å². The molecule has 0 fully saturated rings. The Morgan fingerprint density at radius 1 is 1.40 bits per heavy atom. The maximum Gasteiger partial charge on any atom is 0.105 e. The molecule has 0 N–H and O–H groups in total. The van der Waals surface area contributed by atoms with Crippen LogP contribution < -0.4 is 0 Å². The number of nitrogens with zero attached hydrogens (tertiary/aromatic N) is 1. The van der Waals surface area contributed by atoms with Crippen LogP contribution in [0, 0.1) is 0 Å². The predicted octanol–water partition coefficient (Wildman–Crippen LogP) is 3.30. The van der Waals surface area contributed by atoms with Gasteiger partial charge in [0.05, 0.1) is 12.8 Å². The van der Waals surface area contributed by atoms with Gasteiger partial charge in [0, 0.05) is 6.21 Å². The fourth-order valence-electron chi connectivity index (χ4n) is 0.898. The number of rotatable bonds is 8. The van der Waals surface area contributed by atoms with Crippen molar-refractivity contribution >= 4 is 6.21 Å². The topological polar surface area (TPSA) is 21.6 Å². The van der Waals surface area contributed by atoms with Crippen LogP contribution in [0.1, 0.15) is 13.3 Å². The summed E-state index contributed by atoms with van der Waals surface area (Å²) in [5, 5.41) is 0. The Kier molecular flexibility index (Phi) is 9.41. The van der Waals surface area contributed by atoms with Crippen LogP contribution in [0.3, 0.4) is 0 Å². The molecule has 2 nitrogen and oxygen atoms in total. The monoisotopic (exact) mass is 205 g/mol. The van der Waals surface area contributed by atoms with Gasteiger partial charge in [0.15, 0.2) is 0 Å². The zero-order chi connectivity index (χ0) is 11.4. The van der Waals surface area contributed by atoms with Crippen LogP contribution in [0.4, 0.5) is 0 Å². The average molecular weight is 205 g/mol. The molecule has 0 saturated heterocycles. The summed E-state index contributed by atoms with van der Waals surface area (Å²) in [5.41, 5.74) is 1.13. The van der Waals surface area contributed by atoms with Gasteiger partial charge < -0.3 is 4.74 Å². The molecule has 0 aromatic heterocycles. The smallest absolute Gasteiger partial charge is 0.105 e. The lowest BCUT2D eigenvalue weighted by Gasteiger charge is -2.01. The van der Waals surface area contributed by atoms with Crippen LogP contribution in [0.15, 0.2) is 54.3 Å². The molecule has 2 heteroatoms. The molecule has 0 saturated carbocycles. The van der Waals surface area contributed by atoms with Crippen molar-refractivity contribution in [2.45, 2.75) is 13.3 Å². The third-order valence-corrected chi connectivity index (χ3v) is 1.59. The van der Waals surface area contributed by atoms with Crippen molar-refractivity contribution in [2.75, 3.05) is 13.2 Å². The molecule has 82 valence electrons. The maximum atomic E-state index is 5.26. The molecule has 0 atom stereocenters. The molecule has 0 unspecified atom stereocenters. The van der Waals surface area contributed by atoms with Crippen LogP contribution >= 0.6 is 0 Å². The second-order valence-electron chi connectivity index (χ2n) is 2.90. The fourth-order valence-corrected chi connectivity index (χ4v) is 0.898. The molecule has 0 aromatic rings. The van der Waals surface area contributed by atoms with Crippen LogP contribution in [0.25, 0.3) is 0 Å². The minimum Gasteiger partial charge on any atom is -0.497 e. The first-order valence-electron chi connectivity index (χ1n) is 4.97. The zero-order valence-electron chi connectivity index (χ0n) is 9.36. The van der Waals surface area contributed by atoms with Crippen LogP contribution in [-0.2, 0) is 4.74 Å². The number of hydrogen-bond donors (Lipinski definition) is 0. The molecule has 0 aromatic carbocycles. The molecular weight excluding hydrogens is 186 g/mol. The predicted molar refractivity (Wildman–Crippen MR) is 67.2 cm³/mol. The van der Waals surface area contributed by atoms with Crippen molar-refractivity contribution in [2.24, 2.45) is 4.99 Å². The Labute approximate surface area is 92.4 Å². The minimum atomic E-state index is 0.532. The Bertz CT molecular complexity index is 262. The molecule has 0 radical (unpaired) electrons. The Morgan fingerprint density at radius 3 is 2.80 bits per heavy atom. The lowest BCUT2D eigenvalue weighted by molar-refractivity contribution is 0.285. The standard InChI is InChI=1S/C13H19NO/c1-4-7-8-13(11-14-9-5-2)12-15-10-6-3/h4-7,9,12H,2-3,8,10-11H2,1H3/b7-4-,13-12+,14-9?. The van der Waals surface area contributed by atoms with Crippen molar-refractivity contribution in [3.05, 3.63) is 49.3 Å². The fraction of sp³-hybridized carbons (Fsp3) is 0.308. The van der Waals surface area contributed by atoms with Crippen LogP contribution in [0.5, 0.6) is 0 Å². The first-order valence-corrected chi connectivity index (χ1v) is 4.97. The largest absolute Gasteiger partial charge is 0.497 e. The van der Waals surface area contributed by atoms with E-state index in [2.05, 4.69) is 24.2 Å². The van der Waals surface area contributed by atoms with E-state index in [1.165, 1.54) is 0 Å². The van der Waals surface area contributed by atoms with Gasteiger partial charge in [-0.1, -0.05) is 37.5 Å². The molecule has 0 amide bonds. The third-order valence-electron chi connectivity index (χ3n) is 1.59. The highest BCUT2D eigenvalue weighted by molar-refractivity contribution is 5.70. The summed E-state index contributed by atoms with van der Waals surface area (Å²) in [5.74, 6) is 0. The van der Waals surface area contributed by atoms with Gasteiger partial charge in [0.25, 0.3) is 0 Å². The summed E-state index contributed by atoms with van der Waals surface area (Å²) in [6.07, 6.45) is 11.8. The maximum absolute atomic E-state index is 5.26. The van der Waals surface area contributed by atoms with Gasteiger partial charge in [-0.2, -0.15) is 0 Å². The lowest BCUT2D eigenvalue weighted by Crippen LogP contribution is -1.91. The molecule has 0 bridgehead atoms. The van der Waals surface area contributed by atoms with E-state index in [9.17, 15) is 0 Å². The van der Waals surface area contributed by atoms with Crippen molar-refractivity contribution < 1.29 is 4.74 Å². The summed E-state index contributed by atoms with van der Waals surface area (Å²) in [6, 6.07) is 0. The van der Waals surface area contributed by atoms with Gasteiger partial charge in [-0.05, 0) is 18.9 Å². The van der Waals surface area contributed by atoms with E-state index in [0.29, 0.717) is 13.2 Å². The normalized spacial score (nSPS) is 12.2. The molecule has 0 heterocycles. The average Bonchev–Trinajstić information content (AvgIpc) is 2.25. The summed E-state index contributed by atoms with van der Waals surface area (Å²) < 4.78 is 5.26. The summed E-state index contributed by atoms with van der Waals surface area (Å²) in [7, 11) is 0. The first kappa shape index (κ1) is 13.4. The van der Waals surface area contributed by atoms with Gasteiger partial charge in [-0.25, -0.2) is 0 Å². The number of allylic oxidation sites excluding steroid dienone is 3. The highest BCUT2D eigenvalue weighted by Gasteiger charge is 1.93. The Hall–Kier alpha value is -1.57. The molecule has 0 aliphatic carbocycles. The summed E-state index contributed by atoms with van der Waals surface area (Å²) in [4.78, 5) is 4.17.